The van der Waals surface area contributed by atoms with Crippen LogP contribution >= 0.6 is 0 Å². The zero-order valence-electron chi connectivity index (χ0n) is 18.6. The number of rotatable bonds is 9. The molecule has 1 aliphatic heterocycles. The Morgan fingerprint density at radius 1 is 0.969 bits per heavy atom. The molecule has 0 atom stereocenters. The summed E-state index contributed by atoms with van der Waals surface area (Å²) in [5.41, 5.74) is 2.96. The molecule has 0 spiro atoms. The predicted molar refractivity (Wildman–Crippen MR) is 125 cm³/mol. The first kappa shape index (κ1) is 23.3. The molecule has 0 aliphatic carbocycles. The number of piperidine rings is 1. The standard InChI is InChI=1S/C25H31N3O4/c1-2-32-24(30)14-13-23(29)27-20-11-12-22(28-15-7-4-8-16-28)21(17-20)25(31)26-18-19-9-5-3-6-10-19/h3,5-6,9-12,17H,2,4,7-8,13-16,18H2,1H3,(H,26,31)(H,27,29). The molecule has 7 heteroatoms. The molecular formula is C25H31N3O4. The van der Waals surface area contributed by atoms with Crippen molar-refractivity contribution in [1.29, 1.82) is 0 Å². The van der Waals surface area contributed by atoms with Crippen molar-refractivity contribution in [3.8, 4) is 0 Å². The third-order valence-electron chi connectivity index (χ3n) is 5.38. The maximum absolute atomic E-state index is 13.1. The van der Waals surface area contributed by atoms with E-state index in [1.54, 1.807) is 19.1 Å². The summed E-state index contributed by atoms with van der Waals surface area (Å²) >= 11 is 0. The summed E-state index contributed by atoms with van der Waals surface area (Å²) in [5.74, 6) is -0.874. The quantitative estimate of drug-likeness (QED) is 0.581. The molecular weight excluding hydrogens is 406 g/mol. The molecule has 32 heavy (non-hydrogen) atoms. The minimum atomic E-state index is -0.399. The summed E-state index contributed by atoms with van der Waals surface area (Å²) in [7, 11) is 0. The number of ether oxygens (including phenoxy) is 1. The van der Waals surface area contributed by atoms with Crippen LogP contribution in [0.25, 0.3) is 0 Å². The molecule has 3 rings (SSSR count). The average Bonchev–Trinajstić information content (AvgIpc) is 2.82. The molecule has 1 heterocycles. The van der Waals surface area contributed by atoms with Gasteiger partial charge in [-0.05, 0) is 49.9 Å². The van der Waals surface area contributed by atoms with Gasteiger partial charge in [-0.3, -0.25) is 14.4 Å². The van der Waals surface area contributed by atoms with Gasteiger partial charge in [0.2, 0.25) is 5.91 Å². The van der Waals surface area contributed by atoms with Crippen molar-refractivity contribution in [1.82, 2.24) is 5.32 Å². The van der Waals surface area contributed by atoms with Crippen LogP contribution in [0, 0.1) is 0 Å². The fraction of sp³-hybridized carbons (Fsp3) is 0.400. The summed E-state index contributed by atoms with van der Waals surface area (Å²) in [6.45, 7) is 4.26. The third-order valence-corrected chi connectivity index (χ3v) is 5.38. The highest BCUT2D eigenvalue weighted by Gasteiger charge is 2.20. The number of benzene rings is 2. The van der Waals surface area contributed by atoms with Gasteiger partial charge in [-0.15, -0.1) is 0 Å². The Kier molecular flexibility index (Phi) is 8.66. The average molecular weight is 438 g/mol. The first-order valence-electron chi connectivity index (χ1n) is 11.2. The lowest BCUT2D eigenvalue weighted by Gasteiger charge is -2.30. The fourth-order valence-corrected chi connectivity index (χ4v) is 3.75. The Morgan fingerprint density at radius 2 is 1.72 bits per heavy atom. The lowest BCUT2D eigenvalue weighted by Crippen LogP contribution is -2.32. The molecule has 1 saturated heterocycles. The molecule has 0 radical (unpaired) electrons. The molecule has 2 amide bonds. The van der Waals surface area contributed by atoms with E-state index >= 15 is 0 Å². The van der Waals surface area contributed by atoms with Gasteiger partial charge in [-0.1, -0.05) is 30.3 Å². The molecule has 7 nitrogen and oxygen atoms in total. The van der Waals surface area contributed by atoms with Gasteiger partial charge in [0.1, 0.15) is 0 Å². The van der Waals surface area contributed by atoms with E-state index in [-0.39, 0.29) is 24.7 Å². The normalized spacial score (nSPS) is 13.3. The van der Waals surface area contributed by atoms with Crippen molar-refractivity contribution in [3.05, 3.63) is 59.7 Å². The number of hydrogen-bond donors (Lipinski definition) is 2. The lowest BCUT2D eigenvalue weighted by atomic mass is 10.1. The number of carbonyl (C=O) groups excluding carboxylic acids is 3. The minimum Gasteiger partial charge on any atom is -0.466 e. The SMILES string of the molecule is CCOC(=O)CCC(=O)Nc1ccc(N2CCCCC2)c(C(=O)NCc2ccccc2)c1. The number of nitrogens with zero attached hydrogens (tertiary/aromatic N) is 1. The smallest absolute Gasteiger partial charge is 0.306 e. The summed E-state index contributed by atoms with van der Waals surface area (Å²) in [6.07, 6.45) is 3.44. The van der Waals surface area contributed by atoms with Crippen LogP contribution < -0.4 is 15.5 Å². The topological polar surface area (TPSA) is 87.7 Å². The number of nitrogens with one attached hydrogen (secondary N) is 2. The highest BCUT2D eigenvalue weighted by Crippen LogP contribution is 2.27. The van der Waals surface area contributed by atoms with Gasteiger partial charge in [0.15, 0.2) is 0 Å². The van der Waals surface area contributed by atoms with Crippen molar-refractivity contribution in [3.63, 3.8) is 0 Å². The fourth-order valence-electron chi connectivity index (χ4n) is 3.75. The zero-order valence-corrected chi connectivity index (χ0v) is 18.6. The first-order chi connectivity index (χ1) is 15.6. The van der Waals surface area contributed by atoms with E-state index in [4.69, 9.17) is 4.74 Å². The number of hydrogen-bond acceptors (Lipinski definition) is 5. The summed E-state index contributed by atoms with van der Waals surface area (Å²) < 4.78 is 4.86. The van der Waals surface area contributed by atoms with E-state index < -0.39 is 5.97 Å². The van der Waals surface area contributed by atoms with E-state index in [1.807, 2.05) is 36.4 Å². The van der Waals surface area contributed by atoms with E-state index in [0.29, 0.717) is 24.4 Å². The highest BCUT2D eigenvalue weighted by molar-refractivity contribution is 6.02. The van der Waals surface area contributed by atoms with Crippen molar-refractivity contribution in [2.75, 3.05) is 29.9 Å². The van der Waals surface area contributed by atoms with E-state index in [2.05, 4.69) is 15.5 Å². The molecule has 0 saturated carbocycles. The van der Waals surface area contributed by atoms with Crippen LogP contribution in [0.5, 0.6) is 0 Å². The zero-order chi connectivity index (χ0) is 22.8. The van der Waals surface area contributed by atoms with Crippen molar-refractivity contribution in [2.24, 2.45) is 0 Å². The number of amides is 2. The van der Waals surface area contributed by atoms with Gasteiger partial charge < -0.3 is 20.3 Å². The monoisotopic (exact) mass is 437 g/mol. The van der Waals surface area contributed by atoms with Gasteiger partial charge >= 0.3 is 5.97 Å². The lowest BCUT2D eigenvalue weighted by molar-refractivity contribution is -0.144. The first-order valence-corrected chi connectivity index (χ1v) is 11.2. The van der Waals surface area contributed by atoms with Crippen molar-refractivity contribution in [2.45, 2.75) is 45.6 Å². The molecule has 0 unspecified atom stereocenters. The maximum atomic E-state index is 13.1. The number of anilines is 2. The maximum Gasteiger partial charge on any atom is 0.306 e. The summed E-state index contributed by atoms with van der Waals surface area (Å²) in [5, 5.41) is 5.78. The number of carbonyl (C=O) groups is 3. The minimum absolute atomic E-state index is 0.0238. The molecule has 170 valence electrons. The van der Waals surface area contributed by atoms with Crippen LogP contribution in [0.2, 0.25) is 0 Å². The third kappa shape index (κ3) is 6.83. The highest BCUT2D eigenvalue weighted by atomic mass is 16.5. The second-order valence-electron chi connectivity index (χ2n) is 7.80. The van der Waals surface area contributed by atoms with Gasteiger partial charge in [0, 0.05) is 37.4 Å². The predicted octanol–water partition coefficient (Wildman–Crippen LogP) is 3.89. The van der Waals surface area contributed by atoms with Crippen molar-refractivity contribution >= 4 is 29.2 Å². The van der Waals surface area contributed by atoms with Gasteiger partial charge in [0.05, 0.1) is 18.6 Å². The Hall–Kier alpha value is -3.35. The van der Waals surface area contributed by atoms with E-state index in [9.17, 15) is 14.4 Å². The molecule has 2 N–H and O–H groups in total. The molecule has 1 fully saturated rings. The largest absolute Gasteiger partial charge is 0.466 e. The second kappa shape index (κ2) is 11.9. The van der Waals surface area contributed by atoms with Crippen LogP contribution in [-0.4, -0.2) is 37.5 Å². The summed E-state index contributed by atoms with van der Waals surface area (Å²) in [4.78, 5) is 39.1. The van der Waals surface area contributed by atoms with Gasteiger partial charge in [-0.25, -0.2) is 0 Å². The Balaban J connectivity index is 1.72. The second-order valence-corrected chi connectivity index (χ2v) is 7.80. The van der Waals surface area contributed by atoms with Crippen LogP contribution in [0.15, 0.2) is 48.5 Å². The molecule has 2 aromatic carbocycles. The molecule has 1 aliphatic rings. The van der Waals surface area contributed by atoms with Crippen molar-refractivity contribution < 1.29 is 19.1 Å². The van der Waals surface area contributed by atoms with Crippen LogP contribution in [0.1, 0.15) is 54.9 Å². The Labute approximate surface area is 189 Å². The van der Waals surface area contributed by atoms with E-state index in [1.165, 1.54) is 6.42 Å². The molecule has 2 aromatic rings. The van der Waals surface area contributed by atoms with Crippen LogP contribution in [-0.2, 0) is 20.9 Å². The van der Waals surface area contributed by atoms with Gasteiger partial charge in [0.25, 0.3) is 5.91 Å². The Morgan fingerprint density at radius 3 is 2.44 bits per heavy atom. The molecule has 0 bridgehead atoms. The van der Waals surface area contributed by atoms with E-state index in [0.717, 1.165) is 37.2 Å². The van der Waals surface area contributed by atoms with Gasteiger partial charge in [-0.2, -0.15) is 0 Å². The number of esters is 1. The van der Waals surface area contributed by atoms with Crippen LogP contribution in [0.3, 0.4) is 0 Å². The molecule has 0 aromatic heterocycles. The Bertz CT molecular complexity index is 924. The summed E-state index contributed by atoms with van der Waals surface area (Å²) in [6, 6.07) is 15.2. The van der Waals surface area contributed by atoms with Crippen LogP contribution in [0.4, 0.5) is 11.4 Å².